The quantitative estimate of drug-likeness (QED) is 0.606. The summed E-state index contributed by atoms with van der Waals surface area (Å²) in [6.45, 7) is 0. The number of nitrogens with one attached hydrogen (secondary N) is 2. The van der Waals surface area contributed by atoms with Gasteiger partial charge in [0, 0.05) is 47.5 Å². The summed E-state index contributed by atoms with van der Waals surface area (Å²) >= 11 is 0. The van der Waals surface area contributed by atoms with Crippen LogP contribution >= 0.6 is 0 Å². The molecule has 0 saturated carbocycles. The van der Waals surface area contributed by atoms with Crippen LogP contribution in [0.5, 0.6) is 11.5 Å². The minimum absolute atomic E-state index is 0.736. The zero-order chi connectivity index (χ0) is 15.3. The van der Waals surface area contributed by atoms with E-state index in [4.69, 9.17) is 9.47 Å². The summed E-state index contributed by atoms with van der Waals surface area (Å²) in [4.78, 5) is 6.62. The molecule has 22 heavy (non-hydrogen) atoms. The van der Waals surface area contributed by atoms with Gasteiger partial charge in [-0.3, -0.25) is 0 Å². The number of hydrogen-bond donors (Lipinski definition) is 2. The molecule has 0 radical (unpaired) electrons. The number of aromatic amines is 2. The fourth-order valence-corrected chi connectivity index (χ4v) is 3.00. The topological polar surface area (TPSA) is 55.0 Å². The first kappa shape index (κ1) is 12.9. The fourth-order valence-electron chi connectivity index (χ4n) is 3.00. The monoisotopic (exact) mass is 295 g/mol. The second-order valence-electron chi connectivity index (χ2n) is 5.37. The van der Waals surface area contributed by atoms with Gasteiger partial charge in [-0.1, -0.05) is 0 Å². The molecule has 0 aliphatic carbocycles. The highest BCUT2D eigenvalue weighted by Crippen LogP contribution is 2.38. The van der Waals surface area contributed by atoms with E-state index in [0.717, 1.165) is 39.3 Å². The molecule has 0 spiro atoms. The number of rotatable bonds is 3. The second-order valence-corrected chi connectivity index (χ2v) is 5.37. The van der Waals surface area contributed by atoms with Crippen LogP contribution in [0.3, 0.4) is 0 Å². The number of methoxy groups -OCH3 is 2. The third kappa shape index (κ3) is 1.72. The average molecular weight is 295 g/mol. The molecule has 0 aliphatic heterocycles. The Bertz CT molecular complexity index is 946. The maximum absolute atomic E-state index is 5.44. The highest BCUT2D eigenvalue weighted by Gasteiger charge is 2.15. The zero-order valence-electron chi connectivity index (χ0n) is 12.7. The van der Waals surface area contributed by atoms with Gasteiger partial charge in [0.1, 0.15) is 5.65 Å². The molecule has 0 atom stereocenters. The second kappa shape index (κ2) is 4.59. The summed E-state index contributed by atoms with van der Waals surface area (Å²) in [5.74, 6) is 1.47. The van der Waals surface area contributed by atoms with Gasteiger partial charge in [0.2, 0.25) is 0 Å². The van der Waals surface area contributed by atoms with Crippen LogP contribution in [0.25, 0.3) is 33.2 Å². The van der Waals surface area contributed by atoms with Crippen molar-refractivity contribution in [3.8, 4) is 22.8 Å². The smallest absolute Gasteiger partial charge is 0.162 e. The Morgan fingerprint density at radius 1 is 1.05 bits per heavy atom. The number of H-pyrrole nitrogens is 2. The lowest BCUT2D eigenvalue weighted by atomic mass is 10.1. The van der Waals surface area contributed by atoms with Gasteiger partial charge in [0.05, 0.1) is 19.7 Å². The number of aryl methyl sites for hydroxylation is 1. The van der Waals surface area contributed by atoms with Crippen molar-refractivity contribution in [1.29, 1.82) is 0 Å². The van der Waals surface area contributed by atoms with Gasteiger partial charge in [-0.25, -0.2) is 0 Å². The van der Waals surface area contributed by atoms with E-state index in [1.165, 1.54) is 5.39 Å². The molecule has 5 heteroatoms. The van der Waals surface area contributed by atoms with E-state index in [2.05, 4.69) is 32.9 Å². The molecule has 0 amide bonds. The van der Waals surface area contributed by atoms with Crippen LogP contribution in [0.4, 0.5) is 0 Å². The summed E-state index contributed by atoms with van der Waals surface area (Å²) in [7, 11) is 5.35. The van der Waals surface area contributed by atoms with E-state index in [1.807, 2.05) is 25.4 Å². The Morgan fingerprint density at radius 2 is 1.82 bits per heavy atom. The molecule has 5 nitrogen and oxygen atoms in total. The fraction of sp³-hybridized carbons (Fsp3) is 0.176. The van der Waals surface area contributed by atoms with Crippen molar-refractivity contribution in [2.24, 2.45) is 7.05 Å². The van der Waals surface area contributed by atoms with Gasteiger partial charge in [0.25, 0.3) is 0 Å². The van der Waals surface area contributed by atoms with Gasteiger partial charge >= 0.3 is 0 Å². The van der Waals surface area contributed by atoms with Crippen LogP contribution < -0.4 is 9.47 Å². The summed E-state index contributed by atoms with van der Waals surface area (Å²) in [5.41, 5.74) is 4.36. The Kier molecular flexibility index (Phi) is 2.69. The van der Waals surface area contributed by atoms with E-state index in [1.54, 1.807) is 14.2 Å². The number of fused-ring (bicyclic) bond motifs is 2. The zero-order valence-corrected chi connectivity index (χ0v) is 12.7. The van der Waals surface area contributed by atoms with Crippen LogP contribution in [-0.2, 0) is 7.05 Å². The van der Waals surface area contributed by atoms with Crippen molar-refractivity contribution in [1.82, 2.24) is 14.5 Å². The molecule has 2 N–H and O–H groups in total. The number of benzene rings is 1. The summed E-state index contributed by atoms with van der Waals surface area (Å²) in [5, 5.41) is 2.30. The maximum Gasteiger partial charge on any atom is 0.162 e. The Labute approximate surface area is 127 Å². The molecule has 1 aromatic carbocycles. The van der Waals surface area contributed by atoms with E-state index in [9.17, 15) is 0 Å². The predicted octanol–water partition coefficient (Wildman–Crippen LogP) is 3.67. The minimum Gasteiger partial charge on any atom is -0.493 e. The maximum atomic E-state index is 5.44. The molecule has 0 saturated heterocycles. The SMILES string of the molecule is COc1cc2c(-c3cc4cc[nH]c4[nH]3)cn(C)c2cc1OC. The molecule has 0 fully saturated rings. The van der Waals surface area contributed by atoms with Crippen molar-refractivity contribution < 1.29 is 9.47 Å². The molecule has 4 aromatic rings. The van der Waals surface area contributed by atoms with Crippen molar-refractivity contribution in [2.75, 3.05) is 14.2 Å². The number of ether oxygens (including phenoxy) is 2. The van der Waals surface area contributed by atoms with Crippen molar-refractivity contribution in [2.45, 2.75) is 0 Å². The summed E-state index contributed by atoms with van der Waals surface area (Å²) in [6, 6.07) is 8.24. The molecule has 0 unspecified atom stereocenters. The molecule has 4 rings (SSSR count). The summed E-state index contributed by atoms with van der Waals surface area (Å²) < 4.78 is 12.9. The van der Waals surface area contributed by atoms with Gasteiger partial charge in [-0.15, -0.1) is 0 Å². The molecular formula is C17H17N3O2. The third-order valence-electron chi connectivity index (χ3n) is 4.12. The van der Waals surface area contributed by atoms with E-state index < -0.39 is 0 Å². The lowest BCUT2D eigenvalue weighted by Crippen LogP contribution is -1.91. The van der Waals surface area contributed by atoms with Gasteiger partial charge < -0.3 is 24.0 Å². The Balaban J connectivity index is 1.99. The van der Waals surface area contributed by atoms with Crippen LogP contribution in [0.15, 0.2) is 36.7 Å². The average Bonchev–Trinajstić information content (AvgIpc) is 3.19. The first-order valence-corrected chi connectivity index (χ1v) is 7.09. The van der Waals surface area contributed by atoms with Gasteiger partial charge in [-0.2, -0.15) is 0 Å². The molecule has 0 aliphatic rings. The van der Waals surface area contributed by atoms with E-state index in [0.29, 0.717) is 0 Å². The first-order valence-electron chi connectivity index (χ1n) is 7.09. The van der Waals surface area contributed by atoms with Crippen molar-refractivity contribution in [3.05, 3.63) is 36.7 Å². The highest BCUT2D eigenvalue weighted by molar-refractivity contribution is 5.99. The molecule has 112 valence electrons. The van der Waals surface area contributed by atoms with E-state index >= 15 is 0 Å². The number of hydrogen-bond acceptors (Lipinski definition) is 2. The Hall–Kier alpha value is -2.82. The van der Waals surface area contributed by atoms with Crippen LogP contribution in [0, 0.1) is 0 Å². The number of nitrogens with zero attached hydrogens (tertiary/aromatic N) is 1. The lowest BCUT2D eigenvalue weighted by molar-refractivity contribution is 0.355. The van der Waals surface area contributed by atoms with Crippen LogP contribution in [0.2, 0.25) is 0 Å². The standard InChI is InChI=1S/C17H17N3O2/c1-20-9-12(13-6-10-4-5-18-17(10)19-13)11-7-15(21-2)16(22-3)8-14(11)20/h4-9,18-19H,1-3H3. The number of aromatic nitrogens is 3. The highest BCUT2D eigenvalue weighted by atomic mass is 16.5. The Morgan fingerprint density at radius 3 is 2.55 bits per heavy atom. The summed E-state index contributed by atoms with van der Waals surface area (Å²) in [6.07, 6.45) is 4.05. The van der Waals surface area contributed by atoms with Crippen molar-refractivity contribution >= 4 is 21.9 Å². The largest absolute Gasteiger partial charge is 0.493 e. The molecular weight excluding hydrogens is 278 g/mol. The molecule has 3 heterocycles. The van der Waals surface area contributed by atoms with E-state index in [-0.39, 0.29) is 0 Å². The van der Waals surface area contributed by atoms with Crippen LogP contribution in [-0.4, -0.2) is 28.8 Å². The third-order valence-corrected chi connectivity index (χ3v) is 4.12. The lowest BCUT2D eigenvalue weighted by Gasteiger charge is -2.08. The molecule has 0 bridgehead atoms. The van der Waals surface area contributed by atoms with Crippen LogP contribution in [0.1, 0.15) is 0 Å². The first-order chi connectivity index (χ1) is 10.7. The minimum atomic E-state index is 0.736. The van der Waals surface area contributed by atoms with Crippen molar-refractivity contribution in [3.63, 3.8) is 0 Å². The van der Waals surface area contributed by atoms with Gasteiger partial charge in [-0.05, 0) is 18.2 Å². The van der Waals surface area contributed by atoms with Gasteiger partial charge in [0.15, 0.2) is 11.5 Å². The predicted molar refractivity (Wildman–Crippen MR) is 87.7 cm³/mol. The molecule has 3 aromatic heterocycles. The normalized spacial score (nSPS) is 11.4.